The van der Waals surface area contributed by atoms with Crippen LogP contribution in [0.3, 0.4) is 0 Å². The molecule has 0 bridgehead atoms. The molecule has 136 valence electrons. The minimum absolute atomic E-state index is 0.288. The van der Waals surface area contributed by atoms with Gasteiger partial charge in [-0.15, -0.1) is 0 Å². The molecule has 0 radical (unpaired) electrons. The third-order valence-corrected chi connectivity index (χ3v) is 3.81. The van der Waals surface area contributed by atoms with Crippen LogP contribution in [0.4, 0.5) is 5.69 Å². The number of amides is 1. The minimum atomic E-state index is -0.516. The number of carbonyl (C=O) groups is 2. The Bertz CT molecular complexity index is 848. The zero-order valence-corrected chi connectivity index (χ0v) is 15.3. The van der Waals surface area contributed by atoms with Crippen molar-refractivity contribution in [2.24, 2.45) is 0 Å². The molecule has 0 aromatic heterocycles. The molecule has 0 saturated carbocycles. The summed E-state index contributed by atoms with van der Waals surface area (Å²) in [5, 5.41) is 2.94. The maximum atomic E-state index is 12.1. The van der Waals surface area contributed by atoms with Crippen LogP contribution < -0.4 is 14.8 Å². The van der Waals surface area contributed by atoms with Crippen LogP contribution in [0.5, 0.6) is 11.5 Å². The van der Waals surface area contributed by atoms with Gasteiger partial charge in [0.25, 0.3) is 0 Å². The van der Waals surface area contributed by atoms with E-state index in [0.717, 1.165) is 5.56 Å². The van der Waals surface area contributed by atoms with Crippen molar-refractivity contribution in [3.05, 3.63) is 58.6 Å². The van der Waals surface area contributed by atoms with Gasteiger partial charge < -0.3 is 19.5 Å². The summed E-state index contributed by atoms with van der Waals surface area (Å²) in [5.74, 6) is 0.242. The first-order valence-corrected chi connectivity index (χ1v) is 7.95. The lowest BCUT2D eigenvalue weighted by molar-refractivity contribution is -0.111. The van der Waals surface area contributed by atoms with E-state index in [-0.39, 0.29) is 5.56 Å². The van der Waals surface area contributed by atoms with Gasteiger partial charge in [-0.3, -0.25) is 4.79 Å². The van der Waals surface area contributed by atoms with E-state index in [1.165, 1.54) is 38.5 Å². The number of hydrogen-bond donors (Lipinski definition) is 1. The van der Waals surface area contributed by atoms with Crippen molar-refractivity contribution in [3.8, 4) is 11.5 Å². The number of anilines is 1. The Kier molecular flexibility index (Phi) is 6.63. The van der Waals surface area contributed by atoms with Gasteiger partial charge in [0.05, 0.1) is 37.6 Å². The van der Waals surface area contributed by atoms with E-state index in [0.29, 0.717) is 22.2 Å². The van der Waals surface area contributed by atoms with E-state index in [1.807, 2.05) is 0 Å². The number of carbonyl (C=O) groups excluding carboxylic acids is 2. The number of esters is 1. The van der Waals surface area contributed by atoms with Crippen molar-refractivity contribution in [2.75, 3.05) is 26.6 Å². The van der Waals surface area contributed by atoms with Crippen LogP contribution in [0.15, 0.2) is 42.5 Å². The van der Waals surface area contributed by atoms with Gasteiger partial charge in [-0.1, -0.05) is 17.7 Å². The van der Waals surface area contributed by atoms with Gasteiger partial charge in [0.15, 0.2) is 11.5 Å². The Morgan fingerprint density at radius 2 is 1.73 bits per heavy atom. The molecular weight excluding hydrogens is 358 g/mol. The molecule has 7 heteroatoms. The zero-order valence-electron chi connectivity index (χ0n) is 14.5. The average Bonchev–Trinajstić information content (AvgIpc) is 2.67. The van der Waals surface area contributed by atoms with Crippen molar-refractivity contribution in [2.45, 2.75) is 0 Å². The predicted molar refractivity (Wildman–Crippen MR) is 100 cm³/mol. The highest BCUT2D eigenvalue weighted by Gasteiger charge is 2.10. The predicted octanol–water partition coefficient (Wildman–Crippen LogP) is 3.80. The summed E-state index contributed by atoms with van der Waals surface area (Å²) in [7, 11) is 4.36. The molecular formula is C19H18ClNO5. The molecule has 2 aromatic carbocycles. The number of rotatable bonds is 6. The lowest BCUT2D eigenvalue weighted by Gasteiger charge is -2.08. The summed E-state index contributed by atoms with van der Waals surface area (Å²) in [6, 6.07) is 9.76. The Labute approximate surface area is 156 Å². The molecule has 0 aliphatic carbocycles. The van der Waals surface area contributed by atoms with Crippen LogP contribution in [0.25, 0.3) is 6.08 Å². The SMILES string of the molecule is COC(=O)c1ccc(Cl)c(NC(=O)/C=C/c2ccc(OC)c(OC)c2)c1. The molecule has 0 heterocycles. The highest BCUT2D eigenvalue weighted by Crippen LogP contribution is 2.28. The maximum absolute atomic E-state index is 12.1. The molecule has 0 atom stereocenters. The molecule has 0 spiro atoms. The van der Waals surface area contributed by atoms with Crippen LogP contribution in [0, 0.1) is 0 Å². The van der Waals surface area contributed by atoms with Crippen molar-refractivity contribution < 1.29 is 23.8 Å². The smallest absolute Gasteiger partial charge is 0.337 e. The van der Waals surface area contributed by atoms with Crippen molar-refractivity contribution in [1.29, 1.82) is 0 Å². The van der Waals surface area contributed by atoms with Gasteiger partial charge in [-0.25, -0.2) is 4.79 Å². The zero-order chi connectivity index (χ0) is 19.1. The third kappa shape index (κ3) is 4.77. The summed E-state index contributed by atoms with van der Waals surface area (Å²) < 4.78 is 15.0. The fourth-order valence-corrected chi connectivity index (χ4v) is 2.33. The number of methoxy groups -OCH3 is 3. The summed E-state index contributed by atoms with van der Waals surface area (Å²) >= 11 is 6.06. The molecule has 1 amide bonds. The number of benzene rings is 2. The minimum Gasteiger partial charge on any atom is -0.493 e. The van der Waals surface area contributed by atoms with Gasteiger partial charge in [0.2, 0.25) is 5.91 Å². The number of halogens is 1. The third-order valence-electron chi connectivity index (χ3n) is 3.48. The number of hydrogen-bond acceptors (Lipinski definition) is 5. The molecule has 1 N–H and O–H groups in total. The Morgan fingerprint density at radius 1 is 1.00 bits per heavy atom. The monoisotopic (exact) mass is 375 g/mol. The van der Waals surface area contributed by atoms with E-state index in [1.54, 1.807) is 31.4 Å². The average molecular weight is 376 g/mol. The standard InChI is InChI=1S/C19H18ClNO5/c1-24-16-8-4-12(10-17(16)25-2)5-9-18(22)21-15-11-13(19(23)26-3)6-7-14(15)20/h4-11H,1-3H3,(H,21,22)/b9-5+. The van der Waals surface area contributed by atoms with E-state index in [2.05, 4.69) is 10.1 Å². The van der Waals surface area contributed by atoms with Crippen LogP contribution in [0.2, 0.25) is 5.02 Å². The maximum Gasteiger partial charge on any atom is 0.337 e. The van der Waals surface area contributed by atoms with Gasteiger partial charge in [0.1, 0.15) is 0 Å². The largest absolute Gasteiger partial charge is 0.493 e. The summed E-state index contributed by atoms with van der Waals surface area (Å²) in [6.07, 6.45) is 2.97. The van der Waals surface area contributed by atoms with E-state index in [9.17, 15) is 9.59 Å². The quantitative estimate of drug-likeness (QED) is 0.614. The molecule has 0 aliphatic rings. The molecule has 0 aliphatic heterocycles. The van der Waals surface area contributed by atoms with Gasteiger partial charge in [0, 0.05) is 6.08 Å². The van der Waals surface area contributed by atoms with Crippen molar-refractivity contribution in [3.63, 3.8) is 0 Å². The lowest BCUT2D eigenvalue weighted by atomic mass is 10.1. The normalized spacial score (nSPS) is 10.5. The molecule has 2 aromatic rings. The molecule has 0 saturated heterocycles. The highest BCUT2D eigenvalue weighted by molar-refractivity contribution is 6.34. The van der Waals surface area contributed by atoms with Gasteiger partial charge >= 0.3 is 5.97 Å². The Balaban J connectivity index is 2.13. The second kappa shape index (κ2) is 8.92. The van der Waals surface area contributed by atoms with E-state index >= 15 is 0 Å². The van der Waals surface area contributed by atoms with Crippen molar-refractivity contribution >= 4 is 35.2 Å². The van der Waals surface area contributed by atoms with E-state index < -0.39 is 11.9 Å². The van der Waals surface area contributed by atoms with E-state index in [4.69, 9.17) is 21.1 Å². The molecule has 26 heavy (non-hydrogen) atoms. The first kappa shape index (κ1) is 19.3. The van der Waals surface area contributed by atoms with Crippen molar-refractivity contribution in [1.82, 2.24) is 0 Å². The Hall–Kier alpha value is -2.99. The lowest BCUT2D eigenvalue weighted by Crippen LogP contribution is -2.09. The second-order valence-corrected chi connectivity index (χ2v) is 5.53. The fraction of sp³-hybridized carbons (Fsp3) is 0.158. The van der Waals surface area contributed by atoms with Crippen LogP contribution >= 0.6 is 11.6 Å². The first-order valence-electron chi connectivity index (χ1n) is 7.57. The fourth-order valence-electron chi connectivity index (χ4n) is 2.17. The summed E-state index contributed by atoms with van der Waals surface area (Å²) in [5.41, 5.74) is 1.36. The van der Waals surface area contributed by atoms with Gasteiger partial charge in [-0.2, -0.15) is 0 Å². The summed E-state index contributed by atoms with van der Waals surface area (Å²) in [4.78, 5) is 23.7. The van der Waals surface area contributed by atoms with Crippen LogP contribution in [-0.2, 0) is 9.53 Å². The van der Waals surface area contributed by atoms with Crippen LogP contribution in [0.1, 0.15) is 15.9 Å². The molecule has 0 unspecified atom stereocenters. The topological polar surface area (TPSA) is 73.9 Å². The highest BCUT2D eigenvalue weighted by atomic mass is 35.5. The second-order valence-electron chi connectivity index (χ2n) is 5.12. The van der Waals surface area contributed by atoms with Gasteiger partial charge in [-0.05, 0) is 42.0 Å². The molecule has 0 fully saturated rings. The Morgan fingerprint density at radius 3 is 2.38 bits per heavy atom. The number of ether oxygens (including phenoxy) is 3. The summed E-state index contributed by atoms with van der Waals surface area (Å²) in [6.45, 7) is 0. The molecule has 2 rings (SSSR count). The first-order chi connectivity index (χ1) is 12.5. The van der Waals surface area contributed by atoms with Crippen LogP contribution in [-0.4, -0.2) is 33.2 Å². The number of nitrogens with one attached hydrogen (secondary N) is 1. The molecule has 6 nitrogen and oxygen atoms in total.